The van der Waals surface area contributed by atoms with Gasteiger partial charge in [-0.25, -0.2) is 4.72 Å². The highest BCUT2D eigenvalue weighted by Gasteiger charge is 2.26. The summed E-state index contributed by atoms with van der Waals surface area (Å²) in [5.74, 6) is 1.12. The van der Waals surface area contributed by atoms with Gasteiger partial charge in [0.1, 0.15) is 5.75 Å². The Labute approximate surface area is 126 Å². The summed E-state index contributed by atoms with van der Waals surface area (Å²) < 4.78 is 34.5. The van der Waals surface area contributed by atoms with Gasteiger partial charge >= 0.3 is 0 Å². The van der Waals surface area contributed by atoms with E-state index in [1.165, 1.54) is 0 Å². The quantitative estimate of drug-likeness (QED) is 0.918. The number of rotatable bonds is 4. The summed E-state index contributed by atoms with van der Waals surface area (Å²) in [6, 6.07) is 7.95. The molecule has 1 aromatic rings. The molecular formula is C15H22N2O3S. The third-order valence-electron chi connectivity index (χ3n) is 4.17. The number of piperidine rings is 1. The molecule has 0 saturated carbocycles. The minimum atomic E-state index is -3.33. The lowest BCUT2D eigenvalue weighted by Crippen LogP contribution is -2.45. The van der Waals surface area contributed by atoms with Crippen molar-refractivity contribution < 1.29 is 13.2 Å². The van der Waals surface area contributed by atoms with E-state index in [2.05, 4.69) is 4.72 Å². The summed E-state index contributed by atoms with van der Waals surface area (Å²) >= 11 is 0. The van der Waals surface area contributed by atoms with Crippen LogP contribution in [0.4, 0.5) is 0 Å². The molecular weight excluding hydrogens is 288 g/mol. The molecule has 0 radical (unpaired) electrons. The van der Waals surface area contributed by atoms with Crippen LogP contribution in [0.25, 0.3) is 0 Å². The van der Waals surface area contributed by atoms with Gasteiger partial charge in [0, 0.05) is 25.6 Å². The summed E-state index contributed by atoms with van der Waals surface area (Å²) in [6.45, 7) is 2.28. The lowest BCUT2D eigenvalue weighted by atomic mass is 9.97. The zero-order valence-corrected chi connectivity index (χ0v) is 12.9. The first-order chi connectivity index (χ1) is 10.1. The average molecular weight is 310 g/mol. The molecule has 1 N–H and O–H groups in total. The van der Waals surface area contributed by atoms with Crippen LogP contribution in [0.15, 0.2) is 24.3 Å². The van der Waals surface area contributed by atoms with E-state index in [0.29, 0.717) is 26.2 Å². The van der Waals surface area contributed by atoms with Crippen LogP contribution in [-0.4, -0.2) is 39.0 Å². The molecule has 1 aromatic carbocycles. The number of ether oxygens (including phenoxy) is 1. The molecule has 0 bridgehead atoms. The zero-order valence-electron chi connectivity index (χ0n) is 12.1. The lowest BCUT2D eigenvalue weighted by Gasteiger charge is -2.29. The molecule has 0 aliphatic carbocycles. The largest absolute Gasteiger partial charge is 0.493 e. The van der Waals surface area contributed by atoms with Crippen molar-refractivity contribution in [2.45, 2.75) is 25.7 Å². The van der Waals surface area contributed by atoms with Crippen LogP contribution >= 0.6 is 0 Å². The van der Waals surface area contributed by atoms with Crippen molar-refractivity contribution in [1.82, 2.24) is 9.03 Å². The molecule has 6 heteroatoms. The monoisotopic (exact) mass is 310 g/mol. The number of hydrogen-bond donors (Lipinski definition) is 1. The van der Waals surface area contributed by atoms with Crippen LogP contribution < -0.4 is 9.46 Å². The zero-order chi connectivity index (χ0) is 14.7. The minimum Gasteiger partial charge on any atom is -0.493 e. The molecule has 116 valence electrons. The van der Waals surface area contributed by atoms with Crippen molar-refractivity contribution in [3.63, 3.8) is 0 Å². The van der Waals surface area contributed by atoms with Crippen molar-refractivity contribution in [2.24, 2.45) is 5.92 Å². The highest BCUT2D eigenvalue weighted by Crippen LogP contribution is 2.26. The maximum atomic E-state index is 12.2. The second-order valence-corrected chi connectivity index (χ2v) is 7.56. The van der Waals surface area contributed by atoms with Gasteiger partial charge < -0.3 is 4.74 Å². The van der Waals surface area contributed by atoms with Gasteiger partial charge in [-0.15, -0.1) is 0 Å². The van der Waals surface area contributed by atoms with Gasteiger partial charge in [0.25, 0.3) is 10.2 Å². The van der Waals surface area contributed by atoms with Gasteiger partial charge in [-0.1, -0.05) is 24.6 Å². The molecule has 5 nitrogen and oxygen atoms in total. The van der Waals surface area contributed by atoms with E-state index in [0.717, 1.165) is 37.0 Å². The SMILES string of the molecule is O=S(=O)(NC[C@@H]1COc2ccccc2C1)N1CCCCC1. The molecule has 0 aromatic heterocycles. The van der Waals surface area contributed by atoms with Crippen LogP contribution in [0, 0.1) is 5.92 Å². The van der Waals surface area contributed by atoms with Gasteiger partial charge in [0.2, 0.25) is 0 Å². The Bertz CT molecular complexity index is 582. The normalized spacial score (nSPS) is 23.3. The van der Waals surface area contributed by atoms with Crippen LogP contribution in [0.3, 0.4) is 0 Å². The summed E-state index contributed by atoms with van der Waals surface area (Å²) in [5.41, 5.74) is 1.16. The van der Waals surface area contributed by atoms with Crippen molar-refractivity contribution in [1.29, 1.82) is 0 Å². The Kier molecular flexibility index (Phi) is 4.47. The van der Waals surface area contributed by atoms with Crippen molar-refractivity contribution >= 4 is 10.2 Å². The van der Waals surface area contributed by atoms with Crippen molar-refractivity contribution in [2.75, 3.05) is 26.2 Å². The molecule has 2 aliphatic rings. The predicted molar refractivity (Wildman–Crippen MR) is 81.5 cm³/mol. The van der Waals surface area contributed by atoms with Gasteiger partial charge in [0.15, 0.2) is 0 Å². The number of para-hydroxylation sites is 1. The van der Waals surface area contributed by atoms with Gasteiger partial charge in [-0.05, 0) is 30.9 Å². The van der Waals surface area contributed by atoms with Crippen LogP contribution in [0.1, 0.15) is 24.8 Å². The molecule has 21 heavy (non-hydrogen) atoms. The standard InChI is InChI=1S/C15H22N2O3S/c18-21(19,17-8-4-1-5-9-17)16-11-13-10-14-6-2-3-7-15(14)20-12-13/h2-3,6-7,13,16H,1,4-5,8-12H2/t13-/m1/s1. The first-order valence-electron chi connectivity index (χ1n) is 7.60. The van der Waals surface area contributed by atoms with Gasteiger partial charge in [-0.3, -0.25) is 0 Å². The Morgan fingerprint density at radius 3 is 2.76 bits per heavy atom. The number of nitrogens with one attached hydrogen (secondary N) is 1. The van der Waals surface area contributed by atoms with Gasteiger partial charge in [0.05, 0.1) is 6.61 Å². The maximum Gasteiger partial charge on any atom is 0.279 e. The number of hydrogen-bond acceptors (Lipinski definition) is 3. The van der Waals surface area contributed by atoms with Crippen molar-refractivity contribution in [3.05, 3.63) is 29.8 Å². The van der Waals surface area contributed by atoms with E-state index in [9.17, 15) is 8.42 Å². The molecule has 1 fully saturated rings. The molecule has 0 unspecified atom stereocenters. The molecule has 2 aliphatic heterocycles. The second kappa shape index (κ2) is 6.34. The number of benzene rings is 1. The smallest absolute Gasteiger partial charge is 0.279 e. The van der Waals surface area contributed by atoms with E-state index in [4.69, 9.17) is 4.74 Å². The fraction of sp³-hybridized carbons (Fsp3) is 0.600. The highest BCUT2D eigenvalue weighted by molar-refractivity contribution is 7.87. The maximum absolute atomic E-state index is 12.2. The number of fused-ring (bicyclic) bond motifs is 1. The Morgan fingerprint density at radius 2 is 1.95 bits per heavy atom. The topological polar surface area (TPSA) is 58.6 Å². The van der Waals surface area contributed by atoms with E-state index in [1.54, 1.807) is 4.31 Å². The second-order valence-electron chi connectivity index (χ2n) is 5.80. The summed E-state index contributed by atoms with van der Waals surface area (Å²) in [7, 11) is -3.33. The molecule has 1 atom stereocenters. The van der Waals surface area contributed by atoms with Crippen molar-refractivity contribution in [3.8, 4) is 5.75 Å². The summed E-state index contributed by atoms with van der Waals surface area (Å²) in [4.78, 5) is 0. The third kappa shape index (κ3) is 3.56. The van der Waals surface area contributed by atoms with Crippen LogP contribution in [0.2, 0.25) is 0 Å². The fourth-order valence-electron chi connectivity index (χ4n) is 2.94. The van der Waals surface area contributed by atoms with E-state index < -0.39 is 10.2 Å². The van der Waals surface area contributed by atoms with Crippen LogP contribution in [0.5, 0.6) is 5.75 Å². The minimum absolute atomic E-state index is 0.194. The highest BCUT2D eigenvalue weighted by atomic mass is 32.2. The van der Waals surface area contributed by atoms with E-state index >= 15 is 0 Å². The molecule has 0 spiro atoms. The number of nitrogens with zero attached hydrogens (tertiary/aromatic N) is 1. The van der Waals surface area contributed by atoms with E-state index in [-0.39, 0.29) is 5.92 Å². The van der Waals surface area contributed by atoms with Gasteiger partial charge in [-0.2, -0.15) is 12.7 Å². The van der Waals surface area contributed by atoms with Crippen LogP contribution in [-0.2, 0) is 16.6 Å². The molecule has 1 saturated heterocycles. The summed E-state index contributed by atoms with van der Waals surface area (Å²) in [5, 5.41) is 0. The average Bonchev–Trinajstić information content (AvgIpc) is 2.54. The lowest BCUT2D eigenvalue weighted by molar-refractivity contribution is 0.222. The summed E-state index contributed by atoms with van der Waals surface area (Å²) in [6.07, 6.45) is 3.90. The fourth-order valence-corrected chi connectivity index (χ4v) is 4.31. The van der Waals surface area contributed by atoms with E-state index in [1.807, 2.05) is 24.3 Å². The third-order valence-corrected chi connectivity index (χ3v) is 5.74. The molecule has 3 rings (SSSR count). The molecule has 0 amide bonds. The molecule has 2 heterocycles. The Morgan fingerprint density at radius 1 is 1.19 bits per heavy atom. The Hall–Kier alpha value is -1.11. The Balaban J connectivity index is 1.56. The predicted octanol–water partition coefficient (Wildman–Crippen LogP) is 1.56. The first kappa shape index (κ1) is 14.8. The first-order valence-corrected chi connectivity index (χ1v) is 9.04.